The fourth-order valence-corrected chi connectivity index (χ4v) is 3.19. The maximum absolute atomic E-state index is 12.8. The third-order valence-electron chi connectivity index (χ3n) is 3.84. The molecule has 7 nitrogen and oxygen atoms in total. The molecule has 0 N–H and O–H groups in total. The van der Waals surface area contributed by atoms with Crippen molar-refractivity contribution in [1.29, 1.82) is 0 Å². The lowest BCUT2D eigenvalue weighted by atomic mass is 10.1. The molecule has 0 fully saturated rings. The lowest BCUT2D eigenvalue weighted by Crippen LogP contribution is -2.08. The molecule has 29 heavy (non-hydrogen) atoms. The monoisotopic (exact) mass is 419 g/mol. The molecule has 0 aliphatic rings. The van der Waals surface area contributed by atoms with Crippen LogP contribution in [0.5, 0.6) is 0 Å². The molecule has 148 valence electrons. The molecule has 0 bridgehead atoms. The highest BCUT2D eigenvalue weighted by Crippen LogP contribution is 2.34. The Morgan fingerprint density at radius 1 is 1.07 bits per heavy atom. The number of benzene rings is 1. The number of halogens is 3. The van der Waals surface area contributed by atoms with E-state index in [2.05, 4.69) is 25.3 Å². The van der Waals surface area contributed by atoms with Crippen molar-refractivity contribution >= 4 is 11.8 Å². The van der Waals surface area contributed by atoms with E-state index in [0.29, 0.717) is 17.0 Å². The summed E-state index contributed by atoms with van der Waals surface area (Å²) in [7, 11) is 0. The SMILES string of the molecule is Cc1onc(-c2ccccc2)c1-c1nnc(CSc2nccc(C(F)(F)F)n2)o1. The zero-order chi connectivity index (χ0) is 20.4. The van der Waals surface area contributed by atoms with Crippen molar-refractivity contribution in [1.82, 2.24) is 25.3 Å². The summed E-state index contributed by atoms with van der Waals surface area (Å²) >= 11 is 0.962. The van der Waals surface area contributed by atoms with Crippen molar-refractivity contribution in [2.75, 3.05) is 0 Å². The molecule has 0 atom stereocenters. The first-order valence-corrected chi connectivity index (χ1v) is 9.28. The van der Waals surface area contributed by atoms with E-state index in [4.69, 9.17) is 8.94 Å². The Hall–Kier alpha value is -3.21. The molecule has 0 aliphatic heterocycles. The van der Waals surface area contributed by atoms with Crippen LogP contribution in [0.15, 0.2) is 56.7 Å². The molecule has 3 aromatic heterocycles. The van der Waals surface area contributed by atoms with Crippen LogP contribution in [0.2, 0.25) is 0 Å². The Kier molecular flexibility index (Phi) is 5.05. The minimum Gasteiger partial charge on any atom is -0.420 e. The molecule has 1 aromatic carbocycles. The molecule has 4 aromatic rings. The van der Waals surface area contributed by atoms with Gasteiger partial charge in [-0.2, -0.15) is 13.2 Å². The Labute approximate surface area is 166 Å². The maximum atomic E-state index is 12.8. The standard InChI is InChI=1S/C18H12F3N5O2S/c1-10-14(15(26-28-10)11-5-3-2-4-6-11)16-25-24-13(27-16)9-29-17-22-8-7-12(23-17)18(19,20)21/h2-8H,9H2,1H3. The van der Waals surface area contributed by atoms with Crippen LogP contribution in [-0.2, 0) is 11.9 Å². The molecule has 0 unspecified atom stereocenters. The fourth-order valence-electron chi connectivity index (χ4n) is 2.52. The third kappa shape index (κ3) is 4.14. The molecule has 0 saturated carbocycles. The average molecular weight is 419 g/mol. The molecule has 0 amide bonds. The first kappa shape index (κ1) is 19.1. The van der Waals surface area contributed by atoms with Crippen molar-refractivity contribution in [2.45, 2.75) is 24.0 Å². The van der Waals surface area contributed by atoms with Crippen LogP contribution in [0.25, 0.3) is 22.7 Å². The van der Waals surface area contributed by atoms with Gasteiger partial charge >= 0.3 is 6.18 Å². The van der Waals surface area contributed by atoms with E-state index in [-0.39, 0.29) is 22.7 Å². The van der Waals surface area contributed by atoms with Gasteiger partial charge in [0.2, 0.25) is 5.89 Å². The second-order valence-electron chi connectivity index (χ2n) is 5.84. The predicted molar refractivity (Wildman–Crippen MR) is 96.6 cm³/mol. The Morgan fingerprint density at radius 3 is 2.62 bits per heavy atom. The largest absolute Gasteiger partial charge is 0.433 e. The van der Waals surface area contributed by atoms with Crippen LogP contribution < -0.4 is 0 Å². The second kappa shape index (κ2) is 7.66. The van der Waals surface area contributed by atoms with Gasteiger partial charge in [-0.3, -0.25) is 0 Å². The number of aryl methyl sites for hydroxylation is 1. The van der Waals surface area contributed by atoms with E-state index < -0.39 is 11.9 Å². The van der Waals surface area contributed by atoms with Crippen LogP contribution in [0, 0.1) is 6.92 Å². The normalized spacial score (nSPS) is 11.7. The first-order valence-electron chi connectivity index (χ1n) is 8.29. The number of hydrogen-bond donors (Lipinski definition) is 0. The number of rotatable bonds is 5. The van der Waals surface area contributed by atoms with Gasteiger partial charge in [0, 0.05) is 11.8 Å². The van der Waals surface area contributed by atoms with Crippen LogP contribution in [0.4, 0.5) is 13.2 Å². The van der Waals surface area contributed by atoms with Gasteiger partial charge in [0.05, 0.1) is 5.75 Å². The summed E-state index contributed by atoms with van der Waals surface area (Å²) in [5, 5.41) is 12.0. The summed E-state index contributed by atoms with van der Waals surface area (Å²) < 4.78 is 49.2. The lowest BCUT2D eigenvalue weighted by molar-refractivity contribution is -0.141. The van der Waals surface area contributed by atoms with E-state index in [1.807, 2.05) is 30.3 Å². The quantitative estimate of drug-likeness (QED) is 0.337. The minimum absolute atomic E-state index is 0.0364. The highest BCUT2D eigenvalue weighted by molar-refractivity contribution is 7.98. The number of thioether (sulfide) groups is 1. The topological polar surface area (TPSA) is 90.7 Å². The summed E-state index contributed by atoms with van der Waals surface area (Å²) in [6.45, 7) is 1.73. The highest BCUT2D eigenvalue weighted by atomic mass is 32.2. The van der Waals surface area contributed by atoms with E-state index in [1.54, 1.807) is 6.92 Å². The van der Waals surface area contributed by atoms with Gasteiger partial charge in [0.25, 0.3) is 5.89 Å². The van der Waals surface area contributed by atoms with Crippen LogP contribution in [0.1, 0.15) is 17.3 Å². The van der Waals surface area contributed by atoms with Crippen LogP contribution in [0.3, 0.4) is 0 Å². The minimum atomic E-state index is -4.53. The number of hydrogen-bond acceptors (Lipinski definition) is 8. The molecule has 0 aliphatic carbocycles. The number of aromatic nitrogens is 5. The third-order valence-corrected chi connectivity index (χ3v) is 4.69. The Bertz CT molecular complexity index is 1130. The van der Waals surface area contributed by atoms with Gasteiger partial charge in [-0.25, -0.2) is 9.97 Å². The lowest BCUT2D eigenvalue weighted by Gasteiger charge is -2.05. The van der Waals surface area contributed by atoms with E-state index in [9.17, 15) is 13.2 Å². The Balaban J connectivity index is 1.54. The van der Waals surface area contributed by atoms with E-state index in [1.165, 1.54) is 0 Å². The molecule has 0 saturated heterocycles. The smallest absolute Gasteiger partial charge is 0.420 e. The van der Waals surface area contributed by atoms with Gasteiger partial charge < -0.3 is 8.94 Å². The van der Waals surface area contributed by atoms with Gasteiger partial charge in [0.15, 0.2) is 5.16 Å². The second-order valence-corrected chi connectivity index (χ2v) is 6.78. The van der Waals surface area contributed by atoms with E-state index >= 15 is 0 Å². The summed E-state index contributed by atoms with van der Waals surface area (Å²) in [6, 6.07) is 10.2. The van der Waals surface area contributed by atoms with Gasteiger partial charge in [-0.1, -0.05) is 47.3 Å². The fraction of sp³-hybridized carbons (Fsp3) is 0.167. The van der Waals surface area contributed by atoms with Gasteiger partial charge in [0.1, 0.15) is 22.7 Å². The number of alkyl halides is 3. The number of nitrogens with zero attached hydrogens (tertiary/aromatic N) is 5. The van der Waals surface area contributed by atoms with Crippen molar-refractivity contribution < 1.29 is 22.1 Å². The molecule has 11 heteroatoms. The summed E-state index contributed by atoms with van der Waals surface area (Å²) in [5.74, 6) is 1.04. The zero-order valence-corrected chi connectivity index (χ0v) is 15.7. The van der Waals surface area contributed by atoms with E-state index in [0.717, 1.165) is 29.6 Å². The zero-order valence-electron chi connectivity index (χ0n) is 14.8. The molecule has 0 spiro atoms. The maximum Gasteiger partial charge on any atom is 0.433 e. The van der Waals surface area contributed by atoms with Crippen LogP contribution >= 0.6 is 11.8 Å². The molecular weight excluding hydrogens is 407 g/mol. The van der Waals surface area contributed by atoms with Gasteiger partial charge in [-0.15, -0.1) is 10.2 Å². The van der Waals surface area contributed by atoms with Gasteiger partial charge in [-0.05, 0) is 13.0 Å². The van der Waals surface area contributed by atoms with Crippen molar-refractivity contribution in [2.24, 2.45) is 0 Å². The summed E-state index contributed by atoms with van der Waals surface area (Å²) in [5.41, 5.74) is 0.946. The van der Waals surface area contributed by atoms with Crippen molar-refractivity contribution in [3.8, 4) is 22.7 Å². The highest BCUT2D eigenvalue weighted by Gasteiger charge is 2.32. The molecule has 0 radical (unpaired) electrons. The summed E-state index contributed by atoms with van der Waals surface area (Å²) in [6.07, 6.45) is -3.47. The summed E-state index contributed by atoms with van der Waals surface area (Å²) in [4.78, 5) is 7.33. The van der Waals surface area contributed by atoms with Crippen molar-refractivity contribution in [3.05, 3.63) is 59.9 Å². The average Bonchev–Trinajstić information content (AvgIpc) is 3.33. The Morgan fingerprint density at radius 2 is 1.86 bits per heavy atom. The molecule has 3 heterocycles. The van der Waals surface area contributed by atoms with Crippen molar-refractivity contribution in [3.63, 3.8) is 0 Å². The molecular formula is C18H12F3N5O2S. The van der Waals surface area contributed by atoms with Crippen LogP contribution in [-0.4, -0.2) is 25.3 Å². The predicted octanol–water partition coefficient (Wildman–Crippen LogP) is 4.80. The molecule has 4 rings (SSSR count). The first-order chi connectivity index (χ1) is 13.9.